The van der Waals surface area contributed by atoms with Crippen LogP contribution >= 0.6 is 0 Å². The molecule has 27 heavy (non-hydrogen) atoms. The summed E-state index contributed by atoms with van der Waals surface area (Å²) in [7, 11) is 1.40. The first-order chi connectivity index (χ1) is 12.8. The van der Waals surface area contributed by atoms with Gasteiger partial charge in [-0.15, -0.1) is 0 Å². The molecule has 0 aliphatic carbocycles. The van der Waals surface area contributed by atoms with Crippen molar-refractivity contribution >= 4 is 17.9 Å². The van der Waals surface area contributed by atoms with Crippen molar-refractivity contribution in [3.63, 3.8) is 0 Å². The topological polar surface area (TPSA) is 112 Å². The van der Waals surface area contributed by atoms with Crippen LogP contribution in [0, 0.1) is 0 Å². The van der Waals surface area contributed by atoms with Gasteiger partial charge in [0.25, 0.3) is 5.91 Å². The third-order valence-corrected chi connectivity index (χ3v) is 3.42. The van der Waals surface area contributed by atoms with Gasteiger partial charge in [-0.05, 0) is 32.9 Å². The molecule has 144 valence electrons. The van der Waals surface area contributed by atoms with E-state index in [1.807, 2.05) is 30.3 Å². The molecule has 0 spiro atoms. The van der Waals surface area contributed by atoms with Crippen molar-refractivity contribution in [1.29, 1.82) is 0 Å². The molecule has 9 heteroatoms. The van der Waals surface area contributed by atoms with Gasteiger partial charge >= 0.3 is 12.0 Å². The molecule has 2 rings (SSSR count). The van der Waals surface area contributed by atoms with E-state index < -0.39 is 24.0 Å². The minimum atomic E-state index is -1.19. The molecule has 0 aliphatic heterocycles. The minimum Gasteiger partial charge on any atom is -0.493 e. The van der Waals surface area contributed by atoms with Crippen LogP contribution in [0.2, 0.25) is 0 Å². The quantitative estimate of drug-likeness (QED) is 0.744. The Morgan fingerprint density at radius 3 is 2.37 bits per heavy atom. The highest BCUT2D eigenvalue weighted by Crippen LogP contribution is 2.20. The van der Waals surface area contributed by atoms with Gasteiger partial charge in [-0.1, -0.05) is 18.2 Å². The maximum atomic E-state index is 12.4. The van der Waals surface area contributed by atoms with Crippen LogP contribution in [-0.4, -0.2) is 46.9 Å². The average molecular weight is 374 g/mol. The molecule has 1 aromatic heterocycles. The number of carbonyl (C=O) groups is 3. The number of hydrogen-bond acceptors (Lipinski definition) is 6. The normalized spacial score (nSPS) is 11.6. The molecule has 2 N–H and O–H groups in total. The van der Waals surface area contributed by atoms with Crippen molar-refractivity contribution in [3.05, 3.63) is 42.2 Å². The number of hydrogen-bond donors (Lipinski definition) is 2. The first-order valence-corrected chi connectivity index (χ1v) is 8.33. The number of nitrogens with zero attached hydrogens (tertiary/aromatic N) is 2. The predicted octanol–water partition coefficient (Wildman–Crippen LogP) is 1.66. The number of nitrogens with one attached hydrogen (secondary N) is 2. The van der Waals surface area contributed by atoms with E-state index in [0.717, 1.165) is 5.69 Å². The Balaban J connectivity index is 2.08. The van der Waals surface area contributed by atoms with Crippen LogP contribution in [0.3, 0.4) is 0 Å². The SMILES string of the molecule is COc1cn(-c2ccccc2)nc1C(=O)O[C@@H](C)C(=O)NC(=O)NC(C)C. The zero-order chi connectivity index (χ0) is 20.0. The minimum absolute atomic E-state index is 0.0763. The summed E-state index contributed by atoms with van der Waals surface area (Å²) in [5.74, 6) is -1.38. The van der Waals surface area contributed by atoms with Crippen molar-refractivity contribution in [1.82, 2.24) is 20.4 Å². The van der Waals surface area contributed by atoms with E-state index in [1.54, 1.807) is 13.8 Å². The summed E-state index contributed by atoms with van der Waals surface area (Å²) in [4.78, 5) is 35.9. The Labute approximate surface area is 156 Å². The standard InChI is InChI=1S/C18H22N4O5/c1-11(2)19-18(25)20-16(23)12(3)27-17(24)15-14(26-4)10-22(21-15)13-8-6-5-7-9-13/h5-12H,1-4H3,(H2,19,20,23,25)/t12-/m0/s1. The molecule has 0 radical (unpaired) electrons. The van der Waals surface area contributed by atoms with Crippen molar-refractivity contribution in [2.45, 2.75) is 32.9 Å². The number of methoxy groups -OCH3 is 1. The maximum Gasteiger partial charge on any atom is 0.363 e. The fourth-order valence-electron chi connectivity index (χ4n) is 2.14. The second-order valence-electron chi connectivity index (χ2n) is 5.99. The molecule has 0 aliphatic rings. The average Bonchev–Trinajstić information content (AvgIpc) is 3.06. The van der Waals surface area contributed by atoms with E-state index in [0.29, 0.717) is 0 Å². The summed E-state index contributed by atoms with van der Waals surface area (Å²) >= 11 is 0. The zero-order valence-corrected chi connectivity index (χ0v) is 15.6. The molecule has 1 heterocycles. The van der Waals surface area contributed by atoms with E-state index in [9.17, 15) is 14.4 Å². The summed E-state index contributed by atoms with van der Waals surface area (Å²) in [6.07, 6.45) is 0.342. The second-order valence-corrected chi connectivity index (χ2v) is 5.99. The molecule has 0 saturated heterocycles. The van der Waals surface area contributed by atoms with Crippen LogP contribution in [0.4, 0.5) is 4.79 Å². The third kappa shape index (κ3) is 5.30. The Morgan fingerprint density at radius 1 is 1.11 bits per heavy atom. The zero-order valence-electron chi connectivity index (χ0n) is 15.6. The molecular formula is C18H22N4O5. The van der Waals surface area contributed by atoms with Gasteiger partial charge in [-0.3, -0.25) is 10.1 Å². The largest absolute Gasteiger partial charge is 0.493 e. The first kappa shape index (κ1) is 20.0. The van der Waals surface area contributed by atoms with E-state index in [1.165, 1.54) is 24.9 Å². The van der Waals surface area contributed by atoms with Crippen LogP contribution in [-0.2, 0) is 9.53 Å². The van der Waals surface area contributed by atoms with E-state index in [2.05, 4.69) is 15.7 Å². The number of para-hydroxylation sites is 1. The molecule has 0 bridgehead atoms. The van der Waals surface area contributed by atoms with Crippen LogP contribution in [0.25, 0.3) is 5.69 Å². The maximum absolute atomic E-state index is 12.4. The van der Waals surface area contributed by atoms with Crippen molar-refractivity contribution in [3.8, 4) is 11.4 Å². The molecule has 9 nitrogen and oxygen atoms in total. The summed E-state index contributed by atoms with van der Waals surface area (Å²) in [5.41, 5.74) is 0.652. The predicted molar refractivity (Wildman–Crippen MR) is 96.8 cm³/mol. The van der Waals surface area contributed by atoms with E-state index >= 15 is 0 Å². The molecule has 2 aromatic rings. The lowest BCUT2D eigenvalue weighted by Gasteiger charge is -2.14. The number of esters is 1. The third-order valence-electron chi connectivity index (χ3n) is 3.42. The van der Waals surface area contributed by atoms with E-state index in [-0.39, 0.29) is 17.5 Å². The van der Waals surface area contributed by atoms with Crippen LogP contribution in [0.1, 0.15) is 31.3 Å². The molecular weight excluding hydrogens is 352 g/mol. The van der Waals surface area contributed by atoms with Gasteiger partial charge in [0.15, 0.2) is 11.9 Å². The van der Waals surface area contributed by atoms with Crippen LogP contribution < -0.4 is 15.4 Å². The Hall–Kier alpha value is -3.36. The van der Waals surface area contributed by atoms with Crippen LogP contribution in [0.15, 0.2) is 36.5 Å². The summed E-state index contributed by atoms with van der Waals surface area (Å²) in [6, 6.07) is 8.34. The highest BCUT2D eigenvalue weighted by atomic mass is 16.6. The van der Waals surface area contributed by atoms with Gasteiger partial charge < -0.3 is 14.8 Å². The number of imide groups is 1. The highest BCUT2D eigenvalue weighted by Gasteiger charge is 2.25. The number of rotatable bonds is 6. The Kier molecular flexibility index (Phi) is 6.53. The second kappa shape index (κ2) is 8.84. The molecule has 0 saturated carbocycles. The smallest absolute Gasteiger partial charge is 0.363 e. The Bertz CT molecular complexity index is 816. The molecule has 0 unspecified atom stereocenters. The number of aromatic nitrogens is 2. The van der Waals surface area contributed by atoms with E-state index in [4.69, 9.17) is 9.47 Å². The van der Waals surface area contributed by atoms with Gasteiger partial charge in [-0.2, -0.15) is 5.10 Å². The summed E-state index contributed by atoms with van der Waals surface area (Å²) in [6.45, 7) is 4.86. The molecule has 3 amide bonds. The Morgan fingerprint density at radius 2 is 1.78 bits per heavy atom. The number of amides is 3. The van der Waals surface area contributed by atoms with Crippen molar-refractivity contribution in [2.75, 3.05) is 7.11 Å². The lowest BCUT2D eigenvalue weighted by Crippen LogP contribution is -2.46. The van der Waals surface area contributed by atoms with Gasteiger partial charge in [0.2, 0.25) is 5.69 Å². The number of ether oxygens (including phenoxy) is 2. The number of urea groups is 1. The lowest BCUT2D eigenvalue weighted by atomic mass is 10.3. The first-order valence-electron chi connectivity index (χ1n) is 8.33. The fraction of sp³-hybridized carbons (Fsp3) is 0.333. The molecule has 0 fully saturated rings. The number of carbonyl (C=O) groups excluding carboxylic acids is 3. The summed E-state index contributed by atoms with van der Waals surface area (Å²) in [5, 5.41) is 8.78. The van der Waals surface area contributed by atoms with Crippen molar-refractivity contribution < 1.29 is 23.9 Å². The van der Waals surface area contributed by atoms with Gasteiger partial charge in [0.1, 0.15) is 0 Å². The molecule has 1 aromatic carbocycles. The van der Waals surface area contributed by atoms with Gasteiger partial charge in [0, 0.05) is 6.04 Å². The van der Waals surface area contributed by atoms with Gasteiger partial charge in [-0.25, -0.2) is 14.3 Å². The lowest BCUT2D eigenvalue weighted by molar-refractivity contribution is -0.127. The fourth-order valence-corrected chi connectivity index (χ4v) is 2.14. The van der Waals surface area contributed by atoms with Crippen molar-refractivity contribution in [2.24, 2.45) is 0 Å². The monoisotopic (exact) mass is 374 g/mol. The van der Waals surface area contributed by atoms with Gasteiger partial charge in [0.05, 0.1) is 19.0 Å². The van der Waals surface area contributed by atoms with Crippen LogP contribution in [0.5, 0.6) is 5.75 Å². The molecule has 1 atom stereocenters. The highest BCUT2D eigenvalue weighted by molar-refractivity contribution is 5.98. The summed E-state index contributed by atoms with van der Waals surface area (Å²) < 4.78 is 11.7. The number of benzene rings is 1.